The van der Waals surface area contributed by atoms with Crippen molar-refractivity contribution in [3.63, 3.8) is 0 Å². The van der Waals surface area contributed by atoms with E-state index in [1.807, 2.05) is 0 Å². The van der Waals surface area contributed by atoms with Gasteiger partial charge in [0.15, 0.2) is 0 Å². The van der Waals surface area contributed by atoms with Crippen LogP contribution in [0.1, 0.15) is 25.3 Å². The molecule has 0 saturated carbocycles. The van der Waals surface area contributed by atoms with Crippen molar-refractivity contribution < 1.29 is 13.5 Å². The number of benzene rings is 1. The molecular weight excluding hydrogens is 318 g/mol. The zero-order valence-electron chi connectivity index (χ0n) is 10.5. The van der Waals surface area contributed by atoms with Gasteiger partial charge < -0.3 is 5.11 Å². The Morgan fingerprint density at radius 1 is 1.44 bits per heavy atom. The molecule has 0 aliphatic heterocycles. The predicted molar refractivity (Wildman–Crippen MR) is 75.0 cm³/mol. The van der Waals surface area contributed by atoms with Gasteiger partial charge in [0.1, 0.15) is 0 Å². The van der Waals surface area contributed by atoms with E-state index >= 15 is 0 Å². The second kappa shape index (κ2) is 6.65. The molecule has 1 rings (SSSR count). The first kappa shape index (κ1) is 15.6. The van der Waals surface area contributed by atoms with Crippen LogP contribution in [0.3, 0.4) is 0 Å². The molecule has 0 bridgehead atoms. The summed E-state index contributed by atoms with van der Waals surface area (Å²) in [5, 5.41) is 8.72. The molecule has 0 radical (unpaired) electrons. The molecule has 102 valence electrons. The Morgan fingerprint density at radius 2 is 2.11 bits per heavy atom. The summed E-state index contributed by atoms with van der Waals surface area (Å²) in [6.45, 7) is 3.63. The van der Waals surface area contributed by atoms with Crippen LogP contribution < -0.4 is 4.72 Å². The van der Waals surface area contributed by atoms with Crippen LogP contribution >= 0.6 is 15.9 Å². The fourth-order valence-electron chi connectivity index (χ4n) is 1.70. The number of nitrogens with one attached hydrogen (secondary N) is 1. The molecule has 1 aromatic rings. The van der Waals surface area contributed by atoms with Gasteiger partial charge in [-0.1, -0.05) is 15.9 Å². The lowest BCUT2D eigenvalue weighted by atomic mass is 10.2. The van der Waals surface area contributed by atoms with Crippen molar-refractivity contribution in [1.82, 2.24) is 4.72 Å². The van der Waals surface area contributed by atoms with Crippen LogP contribution in [0.25, 0.3) is 0 Å². The van der Waals surface area contributed by atoms with E-state index in [9.17, 15) is 8.42 Å². The molecule has 0 saturated heterocycles. The van der Waals surface area contributed by atoms with Crippen molar-refractivity contribution in [3.8, 4) is 0 Å². The molecule has 2 N–H and O–H groups in total. The minimum absolute atomic E-state index is 0.0728. The zero-order chi connectivity index (χ0) is 13.8. The van der Waals surface area contributed by atoms with Crippen molar-refractivity contribution in [2.24, 2.45) is 0 Å². The number of aryl methyl sites for hydroxylation is 1. The molecule has 4 nitrogen and oxygen atoms in total. The summed E-state index contributed by atoms with van der Waals surface area (Å²) in [4.78, 5) is 0.293. The molecule has 1 atom stereocenters. The summed E-state index contributed by atoms with van der Waals surface area (Å²) < 4.78 is 27.8. The van der Waals surface area contributed by atoms with Crippen LogP contribution in [-0.4, -0.2) is 26.2 Å². The first-order chi connectivity index (χ1) is 8.36. The summed E-state index contributed by atoms with van der Waals surface area (Å²) in [6, 6.07) is 4.87. The van der Waals surface area contributed by atoms with E-state index in [1.54, 1.807) is 32.0 Å². The van der Waals surface area contributed by atoms with Gasteiger partial charge in [0, 0.05) is 17.1 Å². The maximum Gasteiger partial charge on any atom is 0.241 e. The van der Waals surface area contributed by atoms with E-state index in [0.717, 1.165) is 4.47 Å². The largest absolute Gasteiger partial charge is 0.396 e. The Bertz CT molecular complexity index is 502. The number of hydrogen-bond donors (Lipinski definition) is 2. The molecule has 6 heteroatoms. The molecule has 1 aromatic carbocycles. The van der Waals surface area contributed by atoms with Gasteiger partial charge in [0.05, 0.1) is 4.90 Å². The molecule has 18 heavy (non-hydrogen) atoms. The quantitative estimate of drug-likeness (QED) is 0.837. The minimum Gasteiger partial charge on any atom is -0.396 e. The molecule has 0 heterocycles. The van der Waals surface area contributed by atoms with Crippen molar-refractivity contribution >= 4 is 26.0 Å². The maximum absolute atomic E-state index is 12.1. The molecule has 0 spiro atoms. The molecular formula is C12H18BrNO3S. The summed E-state index contributed by atoms with van der Waals surface area (Å²) >= 11 is 3.31. The van der Waals surface area contributed by atoms with E-state index in [4.69, 9.17) is 5.11 Å². The average Bonchev–Trinajstić information content (AvgIpc) is 2.25. The standard InChI is InChI=1S/C12H18BrNO3S/c1-9-8-11(13)5-6-12(9)18(16,17)14-10(2)4-3-7-15/h5-6,8,10,14-15H,3-4,7H2,1-2H3. The number of hydrogen-bond acceptors (Lipinski definition) is 3. The van der Waals surface area contributed by atoms with E-state index in [2.05, 4.69) is 20.7 Å². The van der Waals surface area contributed by atoms with Gasteiger partial charge in [-0.25, -0.2) is 13.1 Å². The van der Waals surface area contributed by atoms with Crippen molar-refractivity contribution in [3.05, 3.63) is 28.2 Å². The highest BCUT2D eigenvalue weighted by molar-refractivity contribution is 9.10. The Morgan fingerprint density at radius 3 is 2.67 bits per heavy atom. The molecule has 0 aromatic heterocycles. The number of rotatable bonds is 6. The van der Waals surface area contributed by atoms with Crippen molar-refractivity contribution in [2.45, 2.75) is 37.6 Å². The third-order valence-electron chi connectivity index (χ3n) is 2.58. The highest BCUT2D eigenvalue weighted by atomic mass is 79.9. The summed E-state index contributed by atoms with van der Waals surface area (Å²) in [5.74, 6) is 0. The van der Waals surface area contributed by atoms with Gasteiger partial charge in [-0.05, 0) is 50.5 Å². The maximum atomic E-state index is 12.1. The minimum atomic E-state index is -3.49. The lowest BCUT2D eigenvalue weighted by molar-refractivity contribution is 0.279. The Kier molecular flexibility index (Phi) is 5.78. The number of aliphatic hydroxyl groups excluding tert-OH is 1. The fourth-order valence-corrected chi connectivity index (χ4v) is 3.68. The topological polar surface area (TPSA) is 66.4 Å². The smallest absolute Gasteiger partial charge is 0.241 e. The first-order valence-corrected chi connectivity index (χ1v) is 8.04. The van der Waals surface area contributed by atoms with E-state index in [1.165, 1.54) is 0 Å². The third-order valence-corrected chi connectivity index (χ3v) is 4.82. The highest BCUT2D eigenvalue weighted by Gasteiger charge is 2.19. The zero-order valence-corrected chi connectivity index (χ0v) is 12.9. The highest BCUT2D eigenvalue weighted by Crippen LogP contribution is 2.20. The van der Waals surface area contributed by atoms with Gasteiger partial charge in [-0.15, -0.1) is 0 Å². The van der Waals surface area contributed by atoms with Crippen LogP contribution in [0.2, 0.25) is 0 Å². The number of sulfonamides is 1. The molecule has 0 aliphatic rings. The molecule has 1 unspecified atom stereocenters. The van der Waals surface area contributed by atoms with E-state index in [0.29, 0.717) is 23.3 Å². The van der Waals surface area contributed by atoms with Crippen LogP contribution in [0.5, 0.6) is 0 Å². The van der Waals surface area contributed by atoms with Gasteiger partial charge in [-0.3, -0.25) is 0 Å². The van der Waals surface area contributed by atoms with Crippen LogP contribution in [0, 0.1) is 6.92 Å². The molecule has 0 fully saturated rings. The lowest BCUT2D eigenvalue weighted by Crippen LogP contribution is -2.33. The van der Waals surface area contributed by atoms with Crippen LogP contribution in [0.15, 0.2) is 27.6 Å². The SMILES string of the molecule is Cc1cc(Br)ccc1S(=O)(=O)NC(C)CCCO. The first-order valence-electron chi connectivity index (χ1n) is 5.76. The predicted octanol–water partition coefficient (Wildman–Crippen LogP) is 2.20. The second-order valence-electron chi connectivity index (χ2n) is 4.30. The molecule has 0 amide bonds. The summed E-state index contributed by atoms with van der Waals surface area (Å²) in [6.07, 6.45) is 1.20. The fraction of sp³-hybridized carbons (Fsp3) is 0.500. The normalized spacial score (nSPS) is 13.6. The van der Waals surface area contributed by atoms with Gasteiger partial charge in [0.25, 0.3) is 0 Å². The van der Waals surface area contributed by atoms with Crippen molar-refractivity contribution in [2.75, 3.05) is 6.61 Å². The summed E-state index contributed by atoms with van der Waals surface area (Å²) in [5.41, 5.74) is 0.700. The Labute approximate surface area is 117 Å². The van der Waals surface area contributed by atoms with Crippen LogP contribution in [0.4, 0.5) is 0 Å². The third kappa shape index (κ3) is 4.35. The van der Waals surface area contributed by atoms with E-state index in [-0.39, 0.29) is 12.6 Å². The lowest BCUT2D eigenvalue weighted by Gasteiger charge is -2.15. The average molecular weight is 336 g/mol. The molecule has 0 aliphatic carbocycles. The Hall–Kier alpha value is -0.430. The second-order valence-corrected chi connectivity index (χ2v) is 6.90. The van der Waals surface area contributed by atoms with E-state index < -0.39 is 10.0 Å². The number of halogens is 1. The van der Waals surface area contributed by atoms with Gasteiger partial charge in [0.2, 0.25) is 10.0 Å². The van der Waals surface area contributed by atoms with Gasteiger partial charge in [-0.2, -0.15) is 0 Å². The van der Waals surface area contributed by atoms with Crippen molar-refractivity contribution in [1.29, 1.82) is 0 Å². The van der Waals surface area contributed by atoms with Gasteiger partial charge >= 0.3 is 0 Å². The van der Waals surface area contributed by atoms with Crippen LogP contribution in [-0.2, 0) is 10.0 Å². The summed E-state index contributed by atoms with van der Waals surface area (Å²) in [7, 11) is -3.49. The number of aliphatic hydroxyl groups is 1. The Balaban J connectivity index is 2.86. The monoisotopic (exact) mass is 335 g/mol.